The Bertz CT molecular complexity index is 1830. The Morgan fingerprint density at radius 3 is 2.62 bits per heavy atom. The Kier molecular flexibility index (Phi) is 8.01. The van der Waals surface area contributed by atoms with Gasteiger partial charge in [0.2, 0.25) is 21.9 Å². The van der Waals surface area contributed by atoms with Crippen molar-refractivity contribution in [2.45, 2.75) is 32.4 Å². The van der Waals surface area contributed by atoms with E-state index in [2.05, 4.69) is 30.5 Å². The summed E-state index contributed by atoms with van der Waals surface area (Å²) in [5.74, 6) is 0.157. The lowest BCUT2D eigenvalue weighted by molar-refractivity contribution is 0.0977. The molecule has 1 aromatic carbocycles. The van der Waals surface area contributed by atoms with E-state index in [0.717, 1.165) is 23.8 Å². The zero-order valence-electron chi connectivity index (χ0n) is 23.4. The summed E-state index contributed by atoms with van der Waals surface area (Å²) < 4.78 is 26.8. The van der Waals surface area contributed by atoms with Crippen LogP contribution in [-0.4, -0.2) is 64.2 Å². The largest absolute Gasteiger partial charge is 0.377 e. The van der Waals surface area contributed by atoms with Gasteiger partial charge in [-0.2, -0.15) is 0 Å². The summed E-state index contributed by atoms with van der Waals surface area (Å²) in [6.07, 6.45) is 5.04. The van der Waals surface area contributed by atoms with Crippen LogP contribution < -0.4 is 25.8 Å². The van der Waals surface area contributed by atoms with Crippen LogP contribution in [0, 0.1) is 6.92 Å². The average molecular weight is 612 g/mol. The number of aryl methyl sites for hydroxylation is 1. The number of carbonyl (C=O) groups excluding carboxylic acids is 1. The first-order chi connectivity index (χ1) is 19.9. The molecule has 1 saturated heterocycles. The highest BCUT2D eigenvalue weighted by Crippen LogP contribution is 2.30. The molecule has 0 spiro atoms. The fraction of sp³-hybridized carbons (Fsp3) is 0.333. The second kappa shape index (κ2) is 11.5. The Morgan fingerprint density at radius 1 is 1.17 bits per heavy atom. The lowest BCUT2D eigenvalue weighted by Gasteiger charge is -2.23. The van der Waals surface area contributed by atoms with Gasteiger partial charge < -0.3 is 15.5 Å². The van der Waals surface area contributed by atoms with Crippen LogP contribution in [0.3, 0.4) is 0 Å². The summed E-state index contributed by atoms with van der Waals surface area (Å²) in [5.41, 5.74) is 2.00. The quantitative estimate of drug-likeness (QED) is 0.251. The minimum absolute atomic E-state index is 0.0277. The van der Waals surface area contributed by atoms with Crippen LogP contribution in [0.2, 0.25) is 5.15 Å². The van der Waals surface area contributed by atoms with Gasteiger partial charge in [0.05, 0.1) is 28.9 Å². The molecule has 0 unspecified atom stereocenters. The summed E-state index contributed by atoms with van der Waals surface area (Å²) in [7, 11) is -2.12. The Labute approximate surface area is 247 Å². The Morgan fingerprint density at radius 2 is 1.90 bits per heavy atom. The van der Waals surface area contributed by atoms with Crippen molar-refractivity contribution in [3.05, 3.63) is 75.1 Å². The molecular weight excluding hydrogens is 582 g/mol. The Hall–Kier alpha value is -4.30. The van der Waals surface area contributed by atoms with Crippen LogP contribution in [0.4, 0.5) is 17.6 Å². The number of nitrogens with zero attached hydrogens (tertiary/aromatic N) is 6. The lowest BCUT2D eigenvalue weighted by atomic mass is 10.0. The van der Waals surface area contributed by atoms with Crippen molar-refractivity contribution in [1.29, 1.82) is 0 Å². The van der Waals surface area contributed by atoms with E-state index < -0.39 is 22.0 Å². The molecule has 3 aromatic heterocycles. The molecule has 1 aliphatic rings. The minimum atomic E-state index is -3.83. The summed E-state index contributed by atoms with van der Waals surface area (Å²) in [5, 5.41) is 7.05. The highest BCUT2D eigenvalue weighted by molar-refractivity contribution is 7.89. The van der Waals surface area contributed by atoms with Crippen molar-refractivity contribution in [3.8, 4) is 0 Å². The monoisotopic (exact) mass is 611 g/mol. The number of aromatic nitrogens is 5. The normalized spacial score (nSPS) is 15.9. The number of amides is 1. The van der Waals surface area contributed by atoms with Crippen molar-refractivity contribution >= 4 is 56.0 Å². The molecule has 220 valence electrons. The number of halogens is 1. The first-order valence-electron chi connectivity index (χ1n) is 13.1. The molecular formula is C27H30ClN9O4S. The van der Waals surface area contributed by atoms with Gasteiger partial charge in [-0.05, 0) is 50.1 Å². The maximum atomic E-state index is 13.6. The molecule has 2 atom stereocenters. The molecule has 0 saturated carbocycles. The second-order valence-corrected chi connectivity index (χ2v) is 12.4. The molecule has 42 heavy (non-hydrogen) atoms. The predicted octanol–water partition coefficient (Wildman–Crippen LogP) is 2.63. The zero-order valence-corrected chi connectivity index (χ0v) is 25.0. The average Bonchev–Trinajstić information content (AvgIpc) is 3.39. The van der Waals surface area contributed by atoms with Gasteiger partial charge in [-0.3, -0.25) is 14.2 Å². The number of anilines is 3. The molecule has 4 aromatic rings. The standard InChI is InChI=1S/C27H30ClN9O4S/c1-15-12-18(16(2)31-20-6-7-21(28)33-23(20)24(38)35-42(4,40)41)22-19(13-15)25(39)36(3)27(34-22)37-11-8-17(14-37)32-26-29-9-5-10-30-26/h5-7,9-10,12-13,16-17,31H,8,11,14H2,1-4H3,(H,35,38)(H,29,30,32)/t16-,17+/m1/s1. The van der Waals surface area contributed by atoms with Gasteiger partial charge in [0, 0.05) is 44.1 Å². The van der Waals surface area contributed by atoms with Crippen molar-refractivity contribution < 1.29 is 13.2 Å². The van der Waals surface area contributed by atoms with Gasteiger partial charge in [-0.25, -0.2) is 33.1 Å². The summed E-state index contributed by atoms with van der Waals surface area (Å²) >= 11 is 6.02. The second-order valence-electron chi connectivity index (χ2n) is 10.3. The van der Waals surface area contributed by atoms with Crippen LogP contribution in [0.15, 0.2) is 47.5 Å². The van der Waals surface area contributed by atoms with Crippen molar-refractivity contribution in [2.24, 2.45) is 7.05 Å². The van der Waals surface area contributed by atoms with Crippen molar-refractivity contribution in [1.82, 2.24) is 29.2 Å². The molecule has 1 fully saturated rings. The molecule has 13 nitrogen and oxygen atoms in total. The van der Waals surface area contributed by atoms with E-state index in [4.69, 9.17) is 16.6 Å². The molecule has 3 N–H and O–H groups in total. The topological polar surface area (TPSA) is 164 Å². The number of hydrogen-bond donors (Lipinski definition) is 3. The van der Waals surface area contributed by atoms with E-state index in [1.165, 1.54) is 6.07 Å². The SMILES string of the molecule is Cc1cc([C@@H](C)Nc2ccc(Cl)nc2C(=O)NS(C)(=O)=O)c2nc(N3CC[C@H](Nc4ncccn4)C3)n(C)c(=O)c2c1. The summed E-state index contributed by atoms with van der Waals surface area (Å²) in [6.45, 7) is 5.03. The van der Waals surface area contributed by atoms with E-state index in [9.17, 15) is 18.0 Å². The van der Waals surface area contributed by atoms with Gasteiger partial charge in [0.15, 0.2) is 5.69 Å². The number of hydrogen-bond acceptors (Lipinski definition) is 11. The van der Waals surface area contributed by atoms with E-state index in [0.29, 0.717) is 35.9 Å². The fourth-order valence-corrected chi connectivity index (χ4v) is 5.60. The first kappa shape index (κ1) is 29.2. The van der Waals surface area contributed by atoms with Gasteiger partial charge in [-0.15, -0.1) is 0 Å². The number of sulfonamides is 1. The number of rotatable bonds is 8. The van der Waals surface area contributed by atoms with E-state index >= 15 is 0 Å². The molecule has 0 aliphatic carbocycles. The highest BCUT2D eigenvalue weighted by Gasteiger charge is 2.27. The molecule has 0 bridgehead atoms. The third kappa shape index (κ3) is 6.29. The molecule has 0 radical (unpaired) electrons. The number of benzene rings is 1. The van der Waals surface area contributed by atoms with E-state index in [1.54, 1.807) is 42.2 Å². The van der Waals surface area contributed by atoms with E-state index in [-0.39, 0.29) is 28.1 Å². The van der Waals surface area contributed by atoms with Gasteiger partial charge in [-0.1, -0.05) is 17.7 Å². The first-order valence-corrected chi connectivity index (χ1v) is 15.4. The van der Waals surface area contributed by atoms with Crippen molar-refractivity contribution in [3.63, 3.8) is 0 Å². The van der Waals surface area contributed by atoms with E-state index in [1.807, 2.05) is 24.6 Å². The number of carbonyl (C=O) groups is 1. The summed E-state index contributed by atoms with van der Waals surface area (Å²) in [4.78, 5) is 45.9. The predicted molar refractivity (Wildman–Crippen MR) is 162 cm³/mol. The minimum Gasteiger partial charge on any atom is -0.377 e. The highest BCUT2D eigenvalue weighted by atomic mass is 35.5. The number of nitrogens with one attached hydrogen (secondary N) is 3. The third-order valence-electron chi connectivity index (χ3n) is 6.89. The Balaban J connectivity index is 1.49. The van der Waals surface area contributed by atoms with Gasteiger partial charge in [0.1, 0.15) is 5.15 Å². The molecule has 5 rings (SSSR count). The van der Waals surface area contributed by atoms with Crippen LogP contribution in [0.5, 0.6) is 0 Å². The molecule has 1 aliphatic heterocycles. The maximum Gasteiger partial charge on any atom is 0.285 e. The molecule has 4 heterocycles. The van der Waals surface area contributed by atoms with Crippen LogP contribution in [-0.2, 0) is 17.1 Å². The molecule has 1 amide bonds. The van der Waals surface area contributed by atoms with Gasteiger partial charge >= 0.3 is 0 Å². The zero-order chi connectivity index (χ0) is 30.2. The number of pyridine rings is 1. The number of fused-ring (bicyclic) bond motifs is 1. The van der Waals surface area contributed by atoms with Crippen molar-refractivity contribution in [2.75, 3.05) is 34.9 Å². The van der Waals surface area contributed by atoms with Crippen LogP contribution >= 0.6 is 11.6 Å². The third-order valence-corrected chi connectivity index (χ3v) is 7.66. The molecule has 15 heteroatoms. The van der Waals surface area contributed by atoms with Crippen LogP contribution in [0.25, 0.3) is 10.9 Å². The maximum absolute atomic E-state index is 13.6. The lowest BCUT2D eigenvalue weighted by Crippen LogP contribution is -2.32. The fourth-order valence-electron chi connectivity index (χ4n) is 5.02. The summed E-state index contributed by atoms with van der Waals surface area (Å²) in [6, 6.07) is 8.14. The van der Waals surface area contributed by atoms with Gasteiger partial charge in [0.25, 0.3) is 11.5 Å². The van der Waals surface area contributed by atoms with Crippen LogP contribution in [0.1, 0.15) is 41.0 Å². The smallest absolute Gasteiger partial charge is 0.285 e.